The van der Waals surface area contributed by atoms with Gasteiger partial charge in [0.25, 0.3) is 0 Å². The minimum absolute atomic E-state index is 0.0403. The van der Waals surface area contributed by atoms with Gasteiger partial charge in [-0.05, 0) is 31.8 Å². The van der Waals surface area contributed by atoms with Crippen molar-refractivity contribution in [3.05, 3.63) is 18.0 Å². The van der Waals surface area contributed by atoms with Crippen molar-refractivity contribution in [2.75, 3.05) is 26.2 Å². The fourth-order valence-corrected chi connectivity index (χ4v) is 2.39. The molecule has 1 unspecified atom stereocenters. The minimum Gasteiger partial charge on any atom is -0.480 e. The number of nitrogens with zero attached hydrogens (tertiary/aromatic N) is 2. The molecule has 0 radical (unpaired) electrons. The van der Waals surface area contributed by atoms with Crippen LogP contribution in [-0.4, -0.2) is 47.3 Å². The van der Waals surface area contributed by atoms with Gasteiger partial charge in [-0.15, -0.1) is 0 Å². The zero-order chi connectivity index (χ0) is 12.8. The number of carboxylic acid groups (broad SMARTS) is 1. The van der Waals surface area contributed by atoms with Crippen molar-refractivity contribution in [3.8, 4) is 0 Å². The molecule has 1 aromatic heterocycles. The Morgan fingerprint density at radius 3 is 3.28 bits per heavy atom. The lowest BCUT2D eigenvalue weighted by Crippen LogP contribution is -2.40. The Morgan fingerprint density at radius 2 is 2.56 bits per heavy atom. The number of rotatable bonds is 6. The predicted octanol–water partition coefficient (Wildman–Crippen LogP) is 0.561. The van der Waals surface area contributed by atoms with Gasteiger partial charge in [-0.3, -0.25) is 9.69 Å². The first-order valence-corrected chi connectivity index (χ1v) is 6.28. The molecule has 0 aliphatic carbocycles. The summed E-state index contributed by atoms with van der Waals surface area (Å²) in [4.78, 5) is 12.8. The van der Waals surface area contributed by atoms with E-state index in [9.17, 15) is 4.79 Å². The van der Waals surface area contributed by atoms with Gasteiger partial charge in [0.05, 0.1) is 19.3 Å². The average Bonchev–Trinajstić information content (AvgIpc) is 2.82. The first-order chi connectivity index (χ1) is 8.74. The molecule has 1 aliphatic heterocycles. The summed E-state index contributed by atoms with van der Waals surface area (Å²) in [5.41, 5.74) is 0. The number of hydrogen-bond acceptors (Lipinski definition) is 5. The van der Waals surface area contributed by atoms with E-state index in [1.807, 2.05) is 6.07 Å². The standard InChI is InChI=1S/C12H19N3O3/c16-12(17)7-13-6-10-2-1-5-15(8-10)9-11-3-4-14-18-11/h3-4,10,13H,1-2,5-9H2,(H,16,17). The summed E-state index contributed by atoms with van der Waals surface area (Å²) in [7, 11) is 0. The Morgan fingerprint density at radius 1 is 1.67 bits per heavy atom. The molecule has 18 heavy (non-hydrogen) atoms. The molecule has 1 atom stereocenters. The molecule has 2 rings (SSSR count). The molecule has 0 spiro atoms. The monoisotopic (exact) mass is 253 g/mol. The lowest BCUT2D eigenvalue weighted by atomic mass is 9.98. The van der Waals surface area contributed by atoms with Crippen LogP contribution in [0, 0.1) is 5.92 Å². The summed E-state index contributed by atoms with van der Waals surface area (Å²) in [6.45, 7) is 3.64. The SMILES string of the molecule is O=C(O)CNCC1CCCN(Cc2ccno2)C1. The van der Waals surface area contributed by atoms with E-state index in [0.717, 1.165) is 44.8 Å². The van der Waals surface area contributed by atoms with E-state index >= 15 is 0 Å². The second kappa shape index (κ2) is 6.51. The van der Waals surface area contributed by atoms with Crippen molar-refractivity contribution < 1.29 is 14.4 Å². The maximum Gasteiger partial charge on any atom is 0.317 e. The molecule has 6 heteroatoms. The zero-order valence-electron chi connectivity index (χ0n) is 10.3. The normalized spacial score (nSPS) is 21.0. The molecule has 1 saturated heterocycles. The molecule has 6 nitrogen and oxygen atoms in total. The predicted molar refractivity (Wildman–Crippen MR) is 65.0 cm³/mol. The van der Waals surface area contributed by atoms with E-state index in [-0.39, 0.29) is 6.54 Å². The van der Waals surface area contributed by atoms with Crippen LogP contribution in [0.3, 0.4) is 0 Å². The highest BCUT2D eigenvalue weighted by molar-refractivity contribution is 5.68. The molecule has 0 bridgehead atoms. The summed E-state index contributed by atoms with van der Waals surface area (Å²) >= 11 is 0. The van der Waals surface area contributed by atoms with Gasteiger partial charge in [0.1, 0.15) is 0 Å². The number of likely N-dealkylation sites (tertiary alicyclic amines) is 1. The molecular formula is C12H19N3O3. The van der Waals surface area contributed by atoms with Gasteiger partial charge in [0.15, 0.2) is 5.76 Å². The second-order valence-corrected chi connectivity index (χ2v) is 4.75. The Hall–Kier alpha value is -1.40. The number of hydrogen-bond donors (Lipinski definition) is 2. The molecule has 0 saturated carbocycles. The van der Waals surface area contributed by atoms with Crippen LogP contribution < -0.4 is 5.32 Å². The van der Waals surface area contributed by atoms with E-state index < -0.39 is 5.97 Å². The van der Waals surface area contributed by atoms with Crippen LogP contribution in [0.5, 0.6) is 0 Å². The van der Waals surface area contributed by atoms with Crippen molar-refractivity contribution in [2.45, 2.75) is 19.4 Å². The Labute approximate surface area is 106 Å². The highest BCUT2D eigenvalue weighted by atomic mass is 16.5. The van der Waals surface area contributed by atoms with Crippen LogP contribution in [0.15, 0.2) is 16.8 Å². The van der Waals surface area contributed by atoms with Gasteiger partial charge in [-0.2, -0.15) is 0 Å². The molecule has 100 valence electrons. The van der Waals surface area contributed by atoms with Gasteiger partial charge in [0, 0.05) is 12.6 Å². The van der Waals surface area contributed by atoms with Crippen molar-refractivity contribution in [1.82, 2.24) is 15.4 Å². The topological polar surface area (TPSA) is 78.6 Å². The summed E-state index contributed by atoms with van der Waals surface area (Å²) in [6, 6.07) is 1.88. The first-order valence-electron chi connectivity index (χ1n) is 6.28. The minimum atomic E-state index is -0.802. The Balaban J connectivity index is 1.72. The van der Waals surface area contributed by atoms with Crippen LogP contribution in [0.25, 0.3) is 0 Å². The molecule has 2 heterocycles. The van der Waals surface area contributed by atoms with Crippen LogP contribution in [0.2, 0.25) is 0 Å². The maximum atomic E-state index is 10.4. The van der Waals surface area contributed by atoms with Gasteiger partial charge in [-0.25, -0.2) is 0 Å². The van der Waals surface area contributed by atoms with E-state index in [1.165, 1.54) is 0 Å². The van der Waals surface area contributed by atoms with Crippen LogP contribution >= 0.6 is 0 Å². The number of nitrogens with one attached hydrogen (secondary N) is 1. The molecule has 0 aromatic carbocycles. The zero-order valence-corrected chi connectivity index (χ0v) is 10.3. The lowest BCUT2D eigenvalue weighted by molar-refractivity contribution is -0.136. The van der Waals surface area contributed by atoms with E-state index in [2.05, 4.69) is 15.4 Å². The summed E-state index contributed by atoms with van der Waals surface area (Å²) in [6.07, 6.45) is 3.96. The summed E-state index contributed by atoms with van der Waals surface area (Å²) in [5, 5.41) is 15.2. The van der Waals surface area contributed by atoms with Gasteiger partial charge >= 0.3 is 5.97 Å². The van der Waals surface area contributed by atoms with E-state index in [1.54, 1.807) is 6.20 Å². The lowest BCUT2D eigenvalue weighted by Gasteiger charge is -2.32. The van der Waals surface area contributed by atoms with Crippen molar-refractivity contribution >= 4 is 5.97 Å². The largest absolute Gasteiger partial charge is 0.480 e. The Kier molecular flexibility index (Phi) is 4.72. The van der Waals surface area contributed by atoms with Gasteiger partial charge < -0.3 is 14.9 Å². The first kappa shape index (κ1) is 13.0. The highest BCUT2D eigenvalue weighted by Gasteiger charge is 2.20. The van der Waals surface area contributed by atoms with Crippen LogP contribution in [0.4, 0.5) is 0 Å². The molecule has 1 aromatic rings. The Bertz CT molecular complexity index is 367. The van der Waals surface area contributed by atoms with Crippen molar-refractivity contribution in [3.63, 3.8) is 0 Å². The molecule has 2 N–H and O–H groups in total. The average molecular weight is 253 g/mol. The number of aromatic nitrogens is 1. The van der Waals surface area contributed by atoms with Crippen molar-refractivity contribution in [2.24, 2.45) is 5.92 Å². The third-order valence-corrected chi connectivity index (χ3v) is 3.18. The van der Waals surface area contributed by atoms with Gasteiger partial charge in [0.2, 0.25) is 0 Å². The molecular weight excluding hydrogens is 234 g/mol. The number of carbonyl (C=O) groups is 1. The molecule has 0 amide bonds. The number of piperidine rings is 1. The number of aliphatic carboxylic acids is 1. The third-order valence-electron chi connectivity index (χ3n) is 3.18. The second-order valence-electron chi connectivity index (χ2n) is 4.75. The smallest absolute Gasteiger partial charge is 0.317 e. The van der Waals surface area contributed by atoms with Crippen LogP contribution in [-0.2, 0) is 11.3 Å². The molecule has 1 fully saturated rings. The van der Waals surface area contributed by atoms with E-state index in [0.29, 0.717) is 5.92 Å². The fourth-order valence-electron chi connectivity index (χ4n) is 2.39. The van der Waals surface area contributed by atoms with Crippen molar-refractivity contribution in [1.29, 1.82) is 0 Å². The van der Waals surface area contributed by atoms with Crippen LogP contribution in [0.1, 0.15) is 18.6 Å². The van der Waals surface area contributed by atoms with Gasteiger partial charge in [-0.1, -0.05) is 5.16 Å². The highest BCUT2D eigenvalue weighted by Crippen LogP contribution is 2.17. The van der Waals surface area contributed by atoms with E-state index in [4.69, 9.17) is 9.63 Å². The number of carboxylic acids is 1. The third kappa shape index (κ3) is 4.12. The quantitative estimate of drug-likeness (QED) is 0.771. The fraction of sp³-hybridized carbons (Fsp3) is 0.667. The maximum absolute atomic E-state index is 10.4. The molecule has 1 aliphatic rings. The summed E-state index contributed by atoms with van der Waals surface area (Å²) in [5.74, 6) is 0.597. The summed E-state index contributed by atoms with van der Waals surface area (Å²) < 4.78 is 5.10.